The van der Waals surface area contributed by atoms with Crippen LogP contribution in [0.15, 0.2) is 54.7 Å². The summed E-state index contributed by atoms with van der Waals surface area (Å²) < 4.78 is 35.2. The van der Waals surface area contributed by atoms with Gasteiger partial charge in [0.1, 0.15) is 23.9 Å². The summed E-state index contributed by atoms with van der Waals surface area (Å²) in [6, 6.07) is 12.2. The van der Waals surface area contributed by atoms with Crippen LogP contribution in [0.2, 0.25) is 5.02 Å². The highest BCUT2D eigenvalue weighted by Crippen LogP contribution is 2.26. The lowest BCUT2D eigenvalue weighted by Crippen LogP contribution is -2.30. The Balaban J connectivity index is 1.61. The zero-order valence-corrected chi connectivity index (χ0v) is 18.0. The molecule has 0 aliphatic carbocycles. The highest BCUT2D eigenvalue weighted by Gasteiger charge is 2.20. The number of nitrogens with zero attached hydrogens (tertiary/aromatic N) is 2. The van der Waals surface area contributed by atoms with Gasteiger partial charge in [-0.05, 0) is 61.9 Å². The second-order valence-corrected chi connectivity index (χ2v) is 7.63. The van der Waals surface area contributed by atoms with Crippen LogP contribution in [0.25, 0.3) is 5.65 Å². The van der Waals surface area contributed by atoms with E-state index in [0.717, 1.165) is 5.56 Å². The molecule has 6 nitrogen and oxygen atoms in total. The van der Waals surface area contributed by atoms with E-state index in [-0.39, 0.29) is 12.2 Å². The third-order valence-corrected chi connectivity index (χ3v) is 5.06. The minimum atomic E-state index is -0.693. The number of carbonyl (C=O) groups is 1. The topological polar surface area (TPSA) is 67.7 Å². The van der Waals surface area contributed by atoms with Crippen molar-refractivity contribution in [1.82, 2.24) is 14.8 Å². The second kappa shape index (κ2) is 8.84. The molecule has 164 valence electrons. The molecule has 0 aliphatic rings. The highest BCUT2D eigenvalue weighted by molar-refractivity contribution is 6.30. The molecule has 9 heteroatoms. The quantitative estimate of drug-likeness (QED) is 0.390. The Kier molecular flexibility index (Phi) is 5.96. The van der Waals surface area contributed by atoms with E-state index in [1.165, 1.54) is 18.2 Å². The molecule has 2 aromatic heterocycles. The fourth-order valence-corrected chi connectivity index (χ4v) is 3.41. The summed E-state index contributed by atoms with van der Waals surface area (Å²) >= 11 is 5.87. The van der Waals surface area contributed by atoms with Gasteiger partial charge >= 0.3 is 0 Å². The molecule has 4 rings (SSSR count). The molecule has 0 aliphatic heterocycles. The van der Waals surface area contributed by atoms with E-state index in [9.17, 15) is 13.6 Å². The van der Waals surface area contributed by atoms with Crippen molar-refractivity contribution in [3.8, 4) is 5.75 Å². The molecule has 2 heterocycles. The SMILES string of the molecule is Cc1cc(OCc2c(F)cccc2F)c2nc(C)c(C(=O)NNc3ccc(Cl)cc3)n2c1. The molecule has 2 N–H and O–H groups in total. The van der Waals surface area contributed by atoms with Gasteiger partial charge in [-0.15, -0.1) is 0 Å². The first-order valence-electron chi connectivity index (χ1n) is 9.70. The molecule has 1 amide bonds. The first-order chi connectivity index (χ1) is 15.3. The number of fused-ring (bicyclic) bond motifs is 1. The zero-order chi connectivity index (χ0) is 22.8. The van der Waals surface area contributed by atoms with E-state index in [0.29, 0.717) is 33.5 Å². The minimum Gasteiger partial charge on any atom is -0.485 e. The van der Waals surface area contributed by atoms with E-state index in [4.69, 9.17) is 16.3 Å². The maximum Gasteiger partial charge on any atom is 0.288 e. The predicted molar refractivity (Wildman–Crippen MR) is 118 cm³/mol. The number of imidazole rings is 1. The molecule has 0 radical (unpaired) electrons. The van der Waals surface area contributed by atoms with Crippen LogP contribution in [0.1, 0.15) is 27.3 Å². The molecule has 0 saturated carbocycles. The lowest BCUT2D eigenvalue weighted by molar-refractivity contribution is 0.0956. The summed E-state index contributed by atoms with van der Waals surface area (Å²) in [6.45, 7) is 3.20. The number of nitrogens with one attached hydrogen (secondary N) is 2. The van der Waals surface area contributed by atoms with Crippen LogP contribution in [-0.4, -0.2) is 15.3 Å². The molecule has 4 aromatic rings. The third kappa shape index (κ3) is 4.36. The number of aromatic nitrogens is 2. The number of rotatable bonds is 6. The van der Waals surface area contributed by atoms with Crippen LogP contribution in [0.4, 0.5) is 14.5 Å². The van der Waals surface area contributed by atoms with Crippen molar-refractivity contribution in [3.63, 3.8) is 0 Å². The van der Waals surface area contributed by atoms with Crippen molar-refractivity contribution >= 4 is 28.8 Å². The molecule has 0 spiro atoms. The lowest BCUT2D eigenvalue weighted by Gasteiger charge is -2.12. The fourth-order valence-electron chi connectivity index (χ4n) is 3.28. The van der Waals surface area contributed by atoms with Crippen LogP contribution in [-0.2, 0) is 6.61 Å². The molecule has 32 heavy (non-hydrogen) atoms. The van der Waals surface area contributed by atoms with Crippen molar-refractivity contribution in [2.45, 2.75) is 20.5 Å². The summed E-state index contributed by atoms with van der Waals surface area (Å²) in [5.41, 5.74) is 7.84. The molecule has 0 bridgehead atoms. The van der Waals surface area contributed by atoms with Gasteiger partial charge in [0.2, 0.25) is 0 Å². The maximum absolute atomic E-state index is 14.0. The normalized spacial score (nSPS) is 10.9. The fraction of sp³-hybridized carbons (Fsp3) is 0.130. The Morgan fingerprint density at radius 2 is 1.81 bits per heavy atom. The number of amides is 1. The van der Waals surface area contributed by atoms with E-state index < -0.39 is 17.5 Å². The molecule has 0 atom stereocenters. The summed E-state index contributed by atoms with van der Waals surface area (Å²) in [4.78, 5) is 17.3. The number of benzene rings is 2. The van der Waals surface area contributed by atoms with Gasteiger partial charge in [-0.2, -0.15) is 0 Å². The Morgan fingerprint density at radius 1 is 1.12 bits per heavy atom. The largest absolute Gasteiger partial charge is 0.485 e. The standard InChI is InChI=1S/C23H19ClF2N4O2/c1-13-10-20(32-12-17-18(25)4-3-5-19(17)26)22-27-14(2)21(30(22)11-13)23(31)29-28-16-8-6-15(24)7-9-16/h3-11,28H,12H2,1-2H3,(H,29,31). The van der Waals surface area contributed by atoms with Crippen molar-refractivity contribution in [2.75, 3.05) is 5.43 Å². The predicted octanol–water partition coefficient (Wildman–Crippen LogP) is 5.22. The van der Waals surface area contributed by atoms with Crippen LogP contribution in [0, 0.1) is 25.5 Å². The van der Waals surface area contributed by atoms with Crippen LogP contribution < -0.4 is 15.6 Å². The number of halogens is 3. The smallest absolute Gasteiger partial charge is 0.288 e. The van der Waals surface area contributed by atoms with Crippen LogP contribution >= 0.6 is 11.6 Å². The molecule has 0 fully saturated rings. The van der Waals surface area contributed by atoms with Gasteiger partial charge in [-0.25, -0.2) is 13.8 Å². The van der Waals surface area contributed by atoms with Gasteiger partial charge in [0.25, 0.3) is 5.91 Å². The first kappa shape index (κ1) is 21.6. The van der Waals surface area contributed by atoms with Crippen molar-refractivity contribution < 1.29 is 18.3 Å². The van der Waals surface area contributed by atoms with E-state index >= 15 is 0 Å². The third-order valence-electron chi connectivity index (χ3n) is 4.81. The lowest BCUT2D eigenvalue weighted by atomic mass is 10.2. The zero-order valence-electron chi connectivity index (χ0n) is 17.2. The monoisotopic (exact) mass is 456 g/mol. The number of hydrogen-bond donors (Lipinski definition) is 2. The van der Waals surface area contributed by atoms with E-state index in [2.05, 4.69) is 15.8 Å². The van der Waals surface area contributed by atoms with E-state index in [1.54, 1.807) is 47.9 Å². The summed E-state index contributed by atoms with van der Waals surface area (Å²) in [5.74, 6) is -1.50. The number of ether oxygens (including phenoxy) is 1. The highest BCUT2D eigenvalue weighted by atomic mass is 35.5. The number of aryl methyl sites for hydroxylation is 2. The maximum atomic E-state index is 14.0. The molecular weight excluding hydrogens is 438 g/mol. The van der Waals surface area contributed by atoms with Gasteiger partial charge in [0.15, 0.2) is 11.4 Å². The number of pyridine rings is 1. The second-order valence-electron chi connectivity index (χ2n) is 7.20. The number of hydrogen-bond acceptors (Lipinski definition) is 4. The van der Waals surface area contributed by atoms with Gasteiger partial charge in [-0.1, -0.05) is 17.7 Å². The van der Waals surface area contributed by atoms with Crippen LogP contribution in [0.5, 0.6) is 5.75 Å². The Hall–Kier alpha value is -3.65. The van der Waals surface area contributed by atoms with Gasteiger partial charge in [0.05, 0.1) is 16.9 Å². The summed E-state index contributed by atoms with van der Waals surface area (Å²) in [7, 11) is 0. The number of hydrazine groups is 1. The molecule has 2 aromatic carbocycles. The average Bonchev–Trinajstić information content (AvgIpc) is 3.08. The molecule has 0 unspecified atom stereocenters. The summed E-state index contributed by atoms with van der Waals surface area (Å²) in [5, 5.41) is 0.581. The Bertz CT molecular complexity index is 1290. The average molecular weight is 457 g/mol. The minimum absolute atomic E-state index is 0.180. The molecule has 0 saturated heterocycles. The van der Waals surface area contributed by atoms with Gasteiger partial charge in [-0.3, -0.25) is 20.0 Å². The van der Waals surface area contributed by atoms with Gasteiger partial charge < -0.3 is 4.74 Å². The molecular formula is C23H19ClF2N4O2. The number of carbonyl (C=O) groups excluding carboxylic acids is 1. The Morgan fingerprint density at radius 3 is 2.50 bits per heavy atom. The van der Waals surface area contributed by atoms with Crippen molar-refractivity contribution in [2.24, 2.45) is 0 Å². The van der Waals surface area contributed by atoms with Crippen LogP contribution in [0.3, 0.4) is 0 Å². The summed E-state index contributed by atoms with van der Waals surface area (Å²) in [6.07, 6.45) is 1.74. The van der Waals surface area contributed by atoms with Gasteiger partial charge in [0, 0.05) is 11.2 Å². The Labute approximate surface area is 187 Å². The van der Waals surface area contributed by atoms with Crippen molar-refractivity contribution in [1.29, 1.82) is 0 Å². The first-order valence-corrected chi connectivity index (χ1v) is 10.1. The number of anilines is 1. The van der Waals surface area contributed by atoms with Crippen molar-refractivity contribution in [3.05, 3.63) is 93.9 Å². The van der Waals surface area contributed by atoms with E-state index in [1.807, 2.05) is 6.92 Å².